The molecule has 0 unspecified atom stereocenters. The van der Waals surface area contributed by atoms with E-state index in [4.69, 9.17) is 4.74 Å². The molecule has 0 spiro atoms. The number of amides is 1. The third-order valence-electron chi connectivity index (χ3n) is 5.23. The van der Waals surface area contributed by atoms with E-state index in [9.17, 15) is 4.79 Å². The summed E-state index contributed by atoms with van der Waals surface area (Å²) >= 11 is 1.55. The Balaban J connectivity index is 1.45. The Morgan fingerprint density at radius 2 is 2.12 bits per heavy atom. The molecule has 1 atom stereocenters. The Bertz CT molecular complexity index is 750. The van der Waals surface area contributed by atoms with E-state index in [0.29, 0.717) is 18.6 Å². The van der Waals surface area contributed by atoms with Gasteiger partial charge in [0.05, 0.1) is 11.5 Å². The van der Waals surface area contributed by atoms with Crippen LogP contribution in [-0.4, -0.2) is 43.1 Å². The largest absolute Gasteiger partial charge is 0.494 e. The van der Waals surface area contributed by atoms with Gasteiger partial charge in [0.1, 0.15) is 5.75 Å². The Labute approximate surface area is 152 Å². The van der Waals surface area contributed by atoms with Crippen molar-refractivity contribution in [2.45, 2.75) is 25.8 Å². The highest BCUT2D eigenvalue weighted by Crippen LogP contribution is 2.31. The highest BCUT2D eigenvalue weighted by atomic mass is 32.1. The summed E-state index contributed by atoms with van der Waals surface area (Å²) in [4.78, 5) is 17.0. The van der Waals surface area contributed by atoms with Crippen molar-refractivity contribution in [2.24, 2.45) is 5.92 Å². The Kier molecular flexibility index (Phi) is 4.77. The van der Waals surface area contributed by atoms with Crippen molar-refractivity contribution in [1.82, 2.24) is 10.2 Å². The zero-order valence-electron chi connectivity index (χ0n) is 14.5. The van der Waals surface area contributed by atoms with E-state index in [1.54, 1.807) is 11.3 Å². The molecule has 1 aromatic carbocycles. The van der Waals surface area contributed by atoms with Gasteiger partial charge < -0.3 is 15.0 Å². The molecule has 132 valence electrons. The third-order valence-corrected chi connectivity index (χ3v) is 6.37. The molecule has 2 bridgehead atoms. The monoisotopic (exact) mass is 356 g/mol. The molecule has 0 saturated carbocycles. The predicted molar refractivity (Wildman–Crippen MR) is 101 cm³/mol. The van der Waals surface area contributed by atoms with Crippen molar-refractivity contribution >= 4 is 17.2 Å². The fraction of sp³-hybridized carbons (Fsp3) is 0.450. The molecule has 4 nitrogen and oxygen atoms in total. The predicted octanol–water partition coefficient (Wildman–Crippen LogP) is 3.64. The maximum Gasteiger partial charge on any atom is 0.261 e. The number of rotatable bonds is 5. The highest BCUT2D eigenvalue weighted by molar-refractivity contribution is 7.17. The summed E-state index contributed by atoms with van der Waals surface area (Å²) in [5.41, 5.74) is 1.10. The number of nitrogens with one attached hydrogen (secondary N) is 1. The number of piperidine rings is 3. The average molecular weight is 356 g/mol. The number of hydrogen-bond acceptors (Lipinski definition) is 4. The molecule has 5 rings (SSSR count). The van der Waals surface area contributed by atoms with Gasteiger partial charge >= 0.3 is 0 Å². The van der Waals surface area contributed by atoms with Crippen LogP contribution in [0.5, 0.6) is 5.75 Å². The van der Waals surface area contributed by atoms with Gasteiger partial charge in [-0.3, -0.25) is 4.79 Å². The molecule has 3 saturated heterocycles. The lowest BCUT2D eigenvalue weighted by molar-refractivity contribution is 0.0622. The Morgan fingerprint density at radius 1 is 1.28 bits per heavy atom. The van der Waals surface area contributed by atoms with Crippen LogP contribution in [0.15, 0.2) is 36.4 Å². The number of carbonyl (C=O) groups is 1. The molecule has 3 fully saturated rings. The van der Waals surface area contributed by atoms with Crippen molar-refractivity contribution in [3.63, 3.8) is 0 Å². The van der Waals surface area contributed by atoms with Crippen molar-refractivity contribution in [3.05, 3.63) is 41.3 Å². The quantitative estimate of drug-likeness (QED) is 0.889. The summed E-state index contributed by atoms with van der Waals surface area (Å²) < 4.78 is 5.57. The molecule has 1 N–H and O–H groups in total. The molecule has 1 aromatic heterocycles. The van der Waals surface area contributed by atoms with Crippen LogP contribution in [0.3, 0.4) is 0 Å². The maximum atomic E-state index is 12.7. The van der Waals surface area contributed by atoms with Crippen molar-refractivity contribution in [3.8, 4) is 16.2 Å². The second-order valence-electron chi connectivity index (χ2n) is 6.84. The van der Waals surface area contributed by atoms with Gasteiger partial charge in [0.15, 0.2) is 0 Å². The summed E-state index contributed by atoms with van der Waals surface area (Å²) in [6.07, 6.45) is 2.43. The van der Waals surface area contributed by atoms with Gasteiger partial charge in [-0.2, -0.15) is 0 Å². The molecule has 0 aliphatic carbocycles. The first kappa shape index (κ1) is 16.6. The van der Waals surface area contributed by atoms with E-state index in [1.165, 1.54) is 25.9 Å². The summed E-state index contributed by atoms with van der Waals surface area (Å²) in [6.45, 7) is 6.02. The number of ether oxygens (including phenoxy) is 1. The second-order valence-corrected chi connectivity index (χ2v) is 7.93. The van der Waals surface area contributed by atoms with Gasteiger partial charge in [0, 0.05) is 17.5 Å². The Hall–Kier alpha value is -1.85. The number of hydrogen-bond donors (Lipinski definition) is 1. The Morgan fingerprint density at radius 3 is 2.84 bits per heavy atom. The van der Waals surface area contributed by atoms with Crippen molar-refractivity contribution in [2.75, 3.05) is 26.2 Å². The topological polar surface area (TPSA) is 41.6 Å². The number of fused-ring (bicyclic) bond motifs is 3. The van der Waals surface area contributed by atoms with Crippen LogP contribution < -0.4 is 10.1 Å². The van der Waals surface area contributed by atoms with Gasteiger partial charge in [0.25, 0.3) is 5.91 Å². The summed E-state index contributed by atoms with van der Waals surface area (Å²) in [5, 5.41) is 3.27. The van der Waals surface area contributed by atoms with Crippen LogP contribution in [0.2, 0.25) is 0 Å². The van der Waals surface area contributed by atoms with Crippen LogP contribution >= 0.6 is 11.3 Å². The molecule has 25 heavy (non-hydrogen) atoms. The highest BCUT2D eigenvalue weighted by Gasteiger charge is 2.35. The third kappa shape index (κ3) is 3.58. The van der Waals surface area contributed by atoms with E-state index >= 15 is 0 Å². The number of carbonyl (C=O) groups excluding carboxylic acids is 1. The summed E-state index contributed by atoms with van der Waals surface area (Å²) in [5.74, 6) is 1.58. The average Bonchev–Trinajstić information content (AvgIpc) is 3.14. The number of nitrogens with zero attached hydrogens (tertiary/aromatic N) is 1. The molecular formula is C20H24N2O2S. The fourth-order valence-electron chi connectivity index (χ4n) is 3.89. The van der Waals surface area contributed by atoms with Crippen LogP contribution in [-0.2, 0) is 0 Å². The van der Waals surface area contributed by atoms with E-state index in [2.05, 4.69) is 16.3 Å². The standard InChI is InChI=1S/C20H24N2O2S/c1-2-24-16-5-3-4-15(12-16)18-6-7-19(25-18)20(23)21-17-13-22-10-8-14(17)9-11-22/h3-7,12,14,17H,2,8-11,13H2,1H3,(H,21,23)/t17-/m0/s1. The molecule has 3 aliphatic heterocycles. The minimum atomic E-state index is 0.0657. The molecular weight excluding hydrogens is 332 g/mol. The van der Waals surface area contributed by atoms with Gasteiger partial charge in [-0.05, 0) is 68.6 Å². The molecule has 1 amide bonds. The van der Waals surface area contributed by atoms with Crippen molar-refractivity contribution < 1.29 is 9.53 Å². The van der Waals surface area contributed by atoms with Crippen LogP contribution in [0.1, 0.15) is 29.4 Å². The van der Waals surface area contributed by atoms with Crippen LogP contribution in [0.4, 0.5) is 0 Å². The van der Waals surface area contributed by atoms with Crippen LogP contribution in [0.25, 0.3) is 10.4 Å². The smallest absolute Gasteiger partial charge is 0.261 e. The van der Waals surface area contributed by atoms with E-state index in [0.717, 1.165) is 27.6 Å². The zero-order chi connectivity index (χ0) is 17.2. The molecule has 5 heteroatoms. The lowest BCUT2D eigenvalue weighted by Gasteiger charge is -2.44. The molecule has 2 aromatic rings. The minimum Gasteiger partial charge on any atom is -0.494 e. The molecule has 4 heterocycles. The van der Waals surface area contributed by atoms with E-state index in [1.807, 2.05) is 37.3 Å². The normalized spacial score (nSPS) is 24.9. The lowest BCUT2D eigenvalue weighted by atomic mass is 9.84. The van der Waals surface area contributed by atoms with Gasteiger partial charge in [-0.15, -0.1) is 11.3 Å². The van der Waals surface area contributed by atoms with E-state index in [-0.39, 0.29) is 5.91 Å². The van der Waals surface area contributed by atoms with E-state index < -0.39 is 0 Å². The fourth-order valence-corrected chi connectivity index (χ4v) is 4.79. The zero-order valence-corrected chi connectivity index (χ0v) is 15.3. The summed E-state index contributed by atoms with van der Waals surface area (Å²) in [7, 11) is 0. The van der Waals surface area contributed by atoms with Gasteiger partial charge in [0.2, 0.25) is 0 Å². The first-order chi connectivity index (χ1) is 12.2. The summed E-state index contributed by atoms with van der Waals surface area (Å²) in [6, 6.07) is 12.3. The van der Waals surface area contributed by atoms with Crippen molar-refractivity contribution in [1.29, 1.82) is 0 Å². The first-order valence-corrected chi connectivity index (χ1v) is 9.91. The van der Waals surface area contributed by atoms with Gasteiger partial charge in [-0.1, -0.05) is 12.1 Å². The number of thiophene rings is 1. The van der Waals surface area contributed by atoms with Gasteiger partial charge in [-0.25, -0.2) is 0 Å². The SMILES string of the molecule is CCOc1cccc(-c2ccc(C(=O)N[C@H]3CN4CCC3CC4)s2)c1. The molecule has 3 aliphatic rings. The first-order valence-electron chi connectivity index (χ1n) is 9.09. The van der Waals surface area contributed by atoms with Crippen LogP contribution in [0, 0.1) is 5.92 Å². The number of benzene rings is 1. The minimum absolute atomic E-state index is 0.0657. The maximum absolute atomic E-state index is 12.7. The molecule has 0 radical (unpaired) electrons. The second kappa shape index (κ2) is 7.18. The lowest BCUT2D eigenvalue weighted by Crippen LogP contribution is -2.57.